The van der Waals surface area contributed by atoms with Gasteiger partial charge in [0.1, 0.15) is 10.6 Å². The van der Waals surface area contributed by atoms with Crippen LogP contribution in [-0.2, 0) is 4.74 Å². The number of aromatic nitrogens is 2. The molecule has 0 radical (unpaired) electrons. The van der Waals surface area contributed by atoms with Crippen LogP contribution < -0.4 is 11.1 Å². The average Bonchev–Trinajstić information content (AvgIpc) is 2.72. The van der Waals surface area contributed by atoms with Crippen LogP contribution in [0.1, 0.15) is 13.8 Å². The number of nitrogens with zero attached hydrogens (tertiary/aromatic N) is 2. The van der Waals surface area contributed by atoms with E-state index in [0.717, 1.165) is 10.2 Å². The molecule has 0 aliphatic rings. The molecule has 0 amide bonds. The first-order chi connectivity index (χ1) is 8.16. The Morgan fingerprint density at radius 3 is 3.06 bits per heavy atom. The van der Waals surface area contributed by atoms with Crippen molar-refractivity contribution in [2.24, 2.45) is 0 Å². The van der Waals surface area contributed by atoms with Crippen molar-refractivity contribution < 1.29 is 4.74 Å². The molecule has 0 fully saturated rings. The van der Waals surface area contributed by atoms with Crippen LogP contribution in [0.3, 0.4) is 0 Å². The van der Waals surface area contributed by atoms with Gasteiger partial charge in [-0.3, -0.25) is 0 Å². The Labute approximate surface area is 104 Å². The fourth-order valence-corrected chi connectivity index (χ4v) is 2.19. The van der Waals surface area contributed by atoms with Crippen molar-refractivity contribution >= 4 is 33.3 Å². The van der Waals surface area contributed by atoms with E-state index in [2.05, 4.69) is 15.3 Å². The monoisotopic (exact) mass is 252 g/mol. The van der Waals surface area contributed by atoms with Crippen molar-refractivity contribution in [1.29, 1.82) is 0 Å². The molecule has 2 rings (SSSR count). The first-order valence-corrected chi connectivity index (χ1v) is 6.41. The molecule has 0 saturated carbocycles. The van der Waals surface area contributed by atoms with Gasteiger partial charge in [0.15, 0.2) is 0 Å². The van der Waals surface area contributed by atoms with Gasteiger partial charge in [-0.1, -0.05) is 0 Å². The molecule has 2 heterocycles. The highest BCUT2D eigenvalue weighted by Gasteiger charge is 2.05. The summed E-state index contributed by atoms with van der Waals surface area (Å²) in [5.74, 6) is 1.08. The van der Waals surface area contributed by atoms with Gasteiger partial charge >= 0.3 is 0 Å². The van der Waals surface area contributed by atoms with Crippen molar-refractivity contribution in [3.05, 3.63) is 11.4 Å². The molecule has 6 heteroatoms. The number of thiophene rings is 1. The molecule has 5 nitrogen and oxygen atoms in total. The van der Waals surface area contributed by atoms with Crippen LogP contribution >= 0.6 is 11.3 Å². The summed E-state index contributed by atoms with van der Waals surface area (Å²) in [6, 6.07) is 1.93. The first-order valence-electron chi connectivity index (χ1n) is 5.53. The number of nitrogen functional groups attached to an aromatic ring is 1. The van der Waals surface area contributed by atoms with Gasteiger partial charge in [-0.05, 0) is 25.3 Å². The number of hydrogen-bond donors (Lipinski definition) is 2. The minimum Gasteiger partial charge on any atom is -0.383 e. The van der Waals surface area contributed by atoms with E-state index in [1.165, 1.54) is 0 Å². The molecular weight excluding hydrogens is 236 g/mol. The molecule has 2 aromatic heterocycles. The van der Waals surface area contributed by atoms with Crippen molar-refractivity contribution in [2.75, 3.05) is 24.2 Å². The predicted octanol–water partition coefficient (Wildman–Crippen LogP) is 2.11. The maximum atomic E-state index is 5.84. The lowest BCUT2D eigenvalue weighted by Crippen LogP contribution is -2.14. The number of ether oxygens (including phenoxy) is 1. The largest absolute Gasteiger partial charge is 0.383 e. The van der Waals surface area contributed by atoms with Gasteiger partial charge in [0.05, 0.1) is 18.1 Å². The highest BCUT2D eigenvalue weighted by Crippen LogP contribution is 2.23. The summed E-state index contributed by atoms with van der Waals surface area (Å²) in [4.78, 5) is 9.48. The number of anilines is 2. The molecule has 17 heavy (non-hydrogen) atoms. The second-order valence-corrected chi connectivity index (χ2v) is 4.81. The standard InChI is InChI=1S/C11H16N4OS/c1-7(2)16-5-4-13-11-14-9(12)8-3-6-17-10(8)15-11/h3,6-7H,4-5H2,1-2H3,(H3,12,13,14,15). The fraction of sp³-hybridized carbons (Fsp3) is 0.455. The zero-order valence-corrected chi connectivity index (χ0v) is 10.8. The molecular formula is C11H16N4OS. The summed E-state index contributed by atoms with van der Waals surface area (Å²) < 4.78 is 5.42. The second-order valence-electron chi connectivity index (χ2n) is 3.92. The van der Waals surface area contributed by atoms with Crippen LogP contribution in [0.5, 0.6) is 0 Å². The molecule has 0 aliphatic carbocycles. The van der Waals surface area contributed by atoms with Gasteiger partial charge in [-0.25, -0.2) is 4.98 Å². The Morgan fingerprint density at radius 1 is 1.47 bits per heavy atom. The molecule has 0 aromatic carbocycles. The zero-order chi connectivity index (χ0) is 12.3. The summed E-state index contributed by atoms with van der Waals surface area (Å²) in [7, 11) is 0. The van der Waals surface area contributed by atoms with E-state index in [9.17, 15) is 0 Å². The molecule has 92 valence electrons. The Balaban J connectivity index is 1.99. The van der Waals surface area contributed by atoms with Crippen molar-refractivity contribution in [3.63, 3.8) is 0 Å². The van der Waals surface area contributed by atoms with Crippen molar-refractivity contribution in [2.45, 2.75) is 20.0 Å². The topological polar surface area (TPSA) is 73.1 Å². The molecule has 0 aliphatic heterocycles. The number of rotatable bonds is 5. The van der Waals surface area contributed by atoms with Crippen molar-refractivity contribution in [3.8, 4) is 0 Å². The van der Waals surface area contributed by atoms with Gasteiger partial charge in [0, 0.05) is 6.54 Å². The lowest BCUT2D eigenvalue weighted by molar-refractivity contribution is 0.0870. The minimum absolute atomic E-state index is 0.238. The number of nitrogens with two attached hydrogens (primary N) is 1. The van der Waals surface area contributed by atoms with Crippen LogP contribution in [0.25, 0.3) is 10.2 Å². The van der Waals surface area contributed by atoms with E-state index < -0.39 is 0 Å². The molecule has 0 bridgehead atoms. The highest BCUT2D eigenvalue weighted by molar-refractivity contribution is 7.16. The van der Waals surface area contributed by atoms with Crippen molar-refractivity contribution in [1.82, 2.24) is 9.97 Å². The normalized spacial score (nSPS) is 11.2. The Morgan fingerprint density at radius 2 is 2.29 bits per heavy atom. The maximum absolute atomic E-state index is 5.84. The van der Waals surface area contributed by atoms with E-state index in [0.29, 0.717) is 24.9 Å². The molecule has 2 aromatic rings. The molecule has 0 unspecified atom stereocenters. The number of fused-ring (bicyclic) bond motifs is 1. The maximum Gasteiger partial charge on any atom is 0.226 e. The van der Waals surface area contributed by atoms with Crippen LogP contribution in [0.15, 0.2) is 11.4 Å². The summed E-state index contributed by atoms with van der Waals surface area (Å²) in [6.45, 7) is 5.32. The summed E-state index contributed by atoms with van der Waals surface area (Å²) in [5, 5.41) is 5.98. The SMILES string of the molecule is CC(C)OCCNc1nc(N)c2ccsc2n1. The second kappa shape index (κ2) is 5.29. The van der Waals surface area contributed by atoms with Gasteiger partial charge in [-0.2, -0.15) is 4.98 Å². The predicted molar refractivity (Wildman–Crippen MR) is 71.4 cm³/mol. The molecule has 0 atom stereocenters. The van der Waals surface area contributed by atoms with E-state index in [4.69, 9.17) is 10.5 Å². The Hall–Kier alpha value is -1.40. The summed E-state index contributed by atoms with van der Waals surface area (Å²) in [5.41, 5.74) is 5.84. The van der Waals surface area contributed by atoms with Crippen LogP contribution in [-0.4, -0.2) is 29.2 Å². The smallest absolute Gasteiger partial charge is 0.226 e. The third-order valence-corrected chi connectivity index (χ3v) is 3.00. The summed E-state index contributed by atoms with van der Waals surface area (Å²) in [6.07, 6.45) is 0.238. The van der Waals surface area contributed by atoms with Crippen LogP contribution in [0.2, 0.25) is 0 Å². The number of hydrogen-bond acceptors (Lipinski definition) is 6. The van der Waals surface area contributed by atoms with Gasteiger partial charge in [0.25, 0.3) is 0 Å². The number of nitrogens with one attached hydrogen (secondary N) is 1. The summed E-state index contributed by atoms with van der Waals surface area (Å²) >= 11 is 1.56. The fourth-order valence-electron chi connectivity index (χ4n) is 1.41. The Kier molecular flexibility index (Phi) is 3.75. The average molecular weight is 252 g/mol. The third kappa shape index (κ3) is 3.04. The van der Waals surface area contributed by atoms with E-state index in [1.807, 2.05) is 25.3 Å². The van der Waals surface area contributed by atoms with E-state index in [-0.39, 0.29) is 6.10 Å². The van der Waals surface area contributed by atoms with Gasteiger partial charge < -0.3 is 15.8 Å². The van der Waals surface area contributed by atoms with E-state index in [1.54, 1.807) is 11.3 Å². The highest BCUT2D eigenvalue weighted by atomic mass is 32.1. The quantitative estimate of drug-likeness (QED) is 0.797. The zero-order valence-electron chi connectivity index (χ0n) is 9.93. The minimum atomic E-state index is 0.238. The molecule has 0 spiro atoms. The molecule has 3 N–H and O–H groups in total. The lowest BCUT2D eigenvalue weighted by atomic mass is 10.4. The Bertz CT molecular complexity index is 497. The lowest BCUT2D eigenvalue weighted by Gasteiger charge is -2.08. The first kappa shape index (κ1) is 12.1. The van der Waals surface area contributed by atoms with Crippen LogP contribution in [0.4, 0.5) is 11.8 Å². The third-order valence-electron chi connectivity index (χ3n) is 2.19. The van der Waals surface area contributed by atoms with Gasteiger partial charge in [0.2, 0.25) is 5.95 Å². The van der Waals surface area contributed by atoms with E-state index >= 15 is 0 Å². The van der Waals surface area contributed by atoms with Gasteiger partial charge in [-0.15, -0.1) is 11.3 Å². The molecule has 0 saturated heterocycles. The van der Waals surface area contributed by atoms with Crippen LogP contribution in [0, 0.1) is 0 Å².